The number of anilines is 1. The molecule has 3 aromatic rings. The van der Waals surface area contributed by atoms with E-state index < -0.39 is 17.8 Å². The fraction of sp³-hybridized carbons (Fsp3) is 0.316. The lowest BCUT2D eigenvalue weighted by Gasteiger charge is -2.21. The van der Waals surface area contributed by atoms with E-state index in [1.807, 2.05) is 0 Å². The third kappa shape index (κ3) is 3.79. The molecule has 0 spiro atoms. The van der Waals surface area contributed by atoms with Crippen molar-refractivity contribution < 1.29 is 17.9 Å². The van der Waals surface area contributed by atoms with Crippen LogP contribution in [-0.2, 0) is 6.18 Å². The van der Waals surface area contributed by atoms with Gasteiger partial charge in [-0.2, -0.15) is 13.2 Å². The molecule has 1 N–H and O–H groups in total. The molecular weight excluding hydrogens is 357 g/mol. The van der Waals surface area contributed by atoms with Crippen molar-refractivity contribution in [1.82, 2.24) is 15.0 Å². The molecule has 0 bridgehead atoms. The first-order valence-electron chi connectivity index (χ1n) is 8.32. The van der Waals surface area contributed by atoms with Gasteiger partial charge in [0.15, 0.2) is 5.65 Å². The summed E-state index contributed by atoms with van der Waals surface area (Å²) in [6.07, 6.45) is -2.84. The predicted octanol–water partition coefficient (Wildman–Crippen LogP) is 4.84. The Morgan fingerprint density at radius 3 is 2.56 bits per heavy atom. The van der Waals surface area contributed by atoms with Crippen molar-refractivity contribution in [3.63, 3.8) is 0 Å². The smallest absolute Gasteiger partial charge is 0.416 e. The number of methoxy groups -OCH3 is 1. The normalized spacial score (nSPS) is 12.9. The number of hydrogen-bond donors (Lipinski definition) is 1. The molecule has 0 amide bonds. The Balaban J connectivity index is 2.03. The lowest BCUT2D eigenvalue weighted by molar-refractivity contribution is -0.138. The minimum absolute atomic E-state index is 0.191. The number of halogens is 3. The zero-order valence-electron chi connectivity index (χ0n) is 15.3. The van der Waals surface area contributed by atoms with Crippen LogP contribution >= 0.6 is 0 Å². The molecule has 1 aromatic carbocycles. The van der Waals surface area contributed by atoms with Gasteiger partial charge in [0.05, 0.1) is 30.3 Å². The van der Waals surface area contributed by atoms with Crippen LogP contribution < -0.4 is 10.1 Å². The van der Waals surface area contributed by atoms with Crippen molar-refractivity contribution in [1.29, 1.82) is 0 Å². The molecule has 1 atom stereocenters. The number of pyridine rings is 1. The van der Waals surface area contributed by atoms with Gasteiger partial charge in [0.1, 0.15) is 17.4 Å². The fourth-order valence-electron chi connectivity index (χ4n) is 3.04. The number of nitrogens with zero attached hydrogens (tertiary/aromatic N) is 3. The third-order valence-corrected chi connectivity index (χ3v) is 4.37. The number of aryl methyl sites for hydroxylation is 1. The van der Waals surface area contributed by atoms with Crippen LogP contribution in [0.3, 0.4) is 0 Å². The van der Waals surface area contributed by atoms with Gasteiger partial charge in [0, 0.05) is 0 Å². The Morgan fingerprint density at radius 1 is 1.15 bits per heavy atom. The molecule has 0 aliphatic rings. The Labute approximate surface area is 154 Å². The van der Waals surface area contributed by atoms with E-state index in [-0.39, 0.29) is 5.56 Å². The molecule has 5 nitrogen and oxygen atoms in total. The van der Waals surface area contributed by atoms with Gasteiger partial charge in [0.25, 0.3) is 0 Å². The van der Waals surface area contributed by atoms with Gasteiger partial charge in [0.2, 0.25) is 0 Å². The van der Waals surface area contributed by atoms with E-state index in [9.17, 15) is 13.2 Å². The number of alkyl halides is 3. The standard InChI is InChI=1S/C19H19F3N4O/c1-10-14(6-5-7-16(10)19(20,21)22)11(2)24-18-15-8-13(27-4)9-23-17(15)25-12(3)26-18/h5-9,11H,1-4H3,(H,23,24,25,26). The van der Waals surface area contributed by atoms with Crippen LogP contribution in [0.1, 0.15) is 35.5 Å². The highest BCUT2D eigenvalue weighted by atomic mass is 19.4. The molecule has 27 heavy (non-hydrogen) atoms. The molecule has 1 unspecified atom stereocenters. The van der Waals surface area contributed by atoms with Gasteiger partial charge in [-0.15, -0.1) is 0 Å². The van der Waals surface area contributed by atoms with E-state index in [1.165, 1.54) is 20.1 Å². The van der Waals surface area contributed by atoms with Gasteiger partial charge < -0.3 is 10.1 Å². The number of ether oxygens (including phenoxy) is 1. The van der Waals surface area contributed by atoms with Gasteiger partial charge in [-0.25, -0.2) is 15.0 Å². The first kappa shape index (κ1) is 18.9. The zero-order chi connectivity index (χ0) is 19.8. The predicted molar refractivity (Wildman–Crippen MR) is 96.8 cm³/mol. The Kier molecular flexibility index (Phi) is 4.91. The quantitative estimate of drug-likeness (QED) is 0.706. The first-order valence-corrected chi connectivity index (χ1v) is 8.32. The molecule has 0 fully saturated rings. The molecule has 3 rings (SSSR count). The van der Waals surface area contributed by atoms with E-state index in [0.29, 0.717) is 34.0 Å². The van der Waals surface area contributed by atoms with Crippen LogP contribution in [0.25, 0.3) is 11.0 Å². The second-order valence-corrected chi connectivity index (χ2v) is 6.25. The molecule has 2 aromatic heterocycles. The number of fused-ring (bicyclic) bond motifs is 1. The van der Waals surface area contributed by atoms with E-state index in [0.717, 1.165) is 6.07 Å². The minimum atomic E-state index is -4.39. The molecule has 8 heteroatoms. The monoisotopic (exact) mass is 376 g/mol. The number of hydrogen-bond acceptors (Lipinski definition) is 5. The van der Waals surface area contributed by atoms with Gasteiger partial charge in [-0.3, -0.25) is 0 Å². The summed E-state index contributed by atoms with van der Waals surface area (Å²) in [4.78, 5) is 12.9. The molecule has 0 radical (unpaired) electrons. The van der Waals surface area contributed by atoms with Crippen molar-refractivity contribution in [2.75, 3.05) is 12.4 Å². The summed E-state index contributed by atoms with van der Waals surface area (Å²) in [6, 6.07) is 5.52. The highest BCUT2D eigenvalue weighted by Crippen LogP contribution is 2.35. The van der Waals surface area contributed by atoms with Crippen LogP contribution in [0, 0.1) is 13.8 Å². The molecular formula is C19H19F3N4O. The number of benzene rings is 1. The van der Waals surface area contributed by atoms with Crippen molar-refractivity contribution in [3.05, 3.63) is 53.0 Å². The molecule has 0 aliphatic carbocycles. The summed E-state index contributed by atoms with van der Waals surface area (Å²) >= 11 is 0. The van der Waals surface area contributed by atoms with Crippen molar-refractivity contribution in [2.24, 2.45) is 0 Å². The molecule has 0 aliphatic heterocycles. The summed E-state index contributed by atoms with van der Waals surface area (Å²) < 4.78 is 44.8. The third-order valence-electron chi connectivity index (χ3n) is 4.37. The highest BCUT2D eigenvalue weighted by Gasteiger charge is 2.33. The lowest BCUT2D eigenvalue weighted by Crippen LogP contribution is -2.14. The lowest BCUT2D eigenvalue weighted by atomic mass is 9.97. The molecule has 142 valence electrons. The molecule has 0 saturated carbocycles. The van der Waals surface area contributed by atoms with E-state index >= 15 is 0 Å². The topological polar surface area (TPSA) is 59.9 Å². The summed E-state index contributed by atoms with van der Waals surface area (Å²) in [6.45, 7) is 5.00. The van der Waals surface area contributed by atoms with Crippen molar-refractivity contribution in [2.45, 2.75) is 33.0 Å². The Morgan fingerprint density at radius 2 is 1.89 bits per heavy atom. The summed E-state index contributed by atoms with van der Waals surface area (Å²) in [5.74, 6) is 1.55. The van der Waals surface area contributed by atoms with Gasteiger partial charge >= 0.3 is 6.18 Å². The minimum Gasteiger partial charge on any atom is -0.495 e. The van der Waals surface area contributed by atoms with Crippen LogP contribution in [-0.4, -0.2) is 22.1 Å². The average Bonchev–Trinajstić information content (AvgIpc) is 2.60. The SMILES string of the molecule is COc1cnc2nc(C)nc(NC(C)c3cccc(C(F)(F)F)c3C)c2c1. The largest absolute Gasteiger partial charge is 0.495 e. The van der Waals surface area contributed by atoms with Gasteiger partial charge in [-0.05, 0) is 44.0 Å². The second-order valence-electron chi connectivity index (χ2n) is 6.25. The van der Waals surface area contributed by atoms with E-state index in [4.69, 9.17) is 4.74 Å². The van der Waals surface area contributed by atoms with Crippen LogP contribution in [0.2, 0.25) is 0 Å². The number of rotatable bonds is 4. The number of aromatic nitrogens is 3. The maximum absolute atomic E-state index is 13.2. The first-order chi connectivity index (χ1) is 12.7. The summed E-state index contributed by atoms with van der Waals surface area (Å²) in [5.41, 5.74) is 0.584. The van der Waals surface area contributed by atoms with Crippen molar-refractivity contribution >= 4 is 16.9 Å². The maximum Gasteiger partial charge on any atom is 0.416 e. The highest BCUT2D eigenvalue weighted by molar-refractivity contribution is 5.87. The fourth-order valence-corrected chi connectivity index (χ4v) is 3.04. The Bertz CT molecular complexity index is 989. The molecule has 2 heterocycles. The second kappa shape index (κ2) is 7.02. The van der Waals surface area contributed by atoms with Crippen LogP contribution in [0.15, 0.2) is 30.5 Å². The summed E-state index contributed by atoms with van der Waals surface area (Å²) in [7, 11) is 1.53. The van der Waals surface area contributed by atoms with E-state index in [1.54, 1.807) is 32.2 Å². The molecule has 0 saturated heterocycles. The Hall–Kier alpha value is -2.90. The maximum atomic E-state index is 13.2. The summed E-state index contributed by atoms with van der Waals surface area (Å²) in [5, 5.41) is 3.83. The number of nitrogens with one attached hydrogen (secondary N) is 1. The van der Waals surface area contributed by atoms with Crippen LogP contribution in [0.4, 0.5) is 19.0 Å². The van der Waals surface area contributed by atoms with Crippen molar-refractivity contribution in [3.8, 4) is 5.75 Å². The zero-order valence-corrected chi connectivity index (χ0v) is 15.3. The van der Waals surface area contributed by atoms with Crippen LogP contribution in [0.5, 0.6) is 5.75 Å². The van der Waals surface area contributed by atoms with Gasteiger partial charge in [-0.1, -0.05) is 12.1 Å². The average molecular weight is 376 g/mol. The van der Waals surface area contributed by atoms with E-state index in [2.05, 4.69) is 20.3 Å².